The van der Waals surface area contributed by atoms with Crippen molar-refractivity contribution in [3.8, 4) is 0 Å². The van der Waals surface area contributed by atoms with Gasteiger partial charge in [0.1, 0.15) is 0 Å². The molecule has 1 aliphatic carbocycles. The van der Waals surface area contributed by atoms with Crippen LogP contribution in [0.1, 0.15) is 24.0 Å². The van der Waals surface area contributed by atoms with E-state index in [1.54, 1.807) is 18.2 Å². The van der Waals surface area contributed by atoms with Crippen LogP contribution in [-0.2, 0) is 14.6 Å². The summed E-state index contributed by atoms with van der Waals surface area (Å²) in [6, 6.07) is 14.3. The number of rotatable bonds is 7. The minimum absolute atomic E-state index is 0.232. The maximum Gasteiger partial charge on any atom is 0.182 e. The first-order valence-electron chi connectivity index (χ1n) is 8.70. The molecule has 1 saturated carbocycles. The fourth-order valence-electron chi connectivity index (χ4n) is 3.79. The first-order valence-corrected chi connectivity index (χ1v) is 10.6. The Balaban J connectivity index is 2.05. The van der Waals surface area contributed by atoms with Crippen molar-refractivity contribution in [2.45, 2.75) is 29.9 Å². The normalized spacial score (nSPS) is 25.2. The fraction of sp³-hybridized carbons (Fsp3) is 0.400. The van der Waals surface area contributed by atoms with Crippen LogP contribution in [0.3, 0.4) is 0 Å². The highest BCUT2D eigenvalue weighted by molar-refractivity contribution is 7.92. The Morgan fingerprint density at radius 1 is 1.19 bits per heavy atom. The first-order chi connectivity index (χ1) is 12.4. The van der Waals surface area contributed by atoms with Gasteiger partial charge >= 0.3 is 0 Å². The van der Waals surface area contributed by atoms with Crippen LogP contribution in [0.25, 0.3) is 0 Å². The molecule has 0 spiro atoms. The average Bonchev–Trinajstić information content (AvgIpc) is 3.31. The molecule has 2 N–H and O–H groups in total. The first kappa shape index (κ1) is 19.4. The summed E-state index contributed by atoms with van der Waals surface area (Å²) in [5, 5.41) is -0.0315. The Bertz CT molecular complexity index is 882. The molecule has 6 heteroatoms. The molecule has 1 fully saturated rings. The van der Waals surface area contributed by atoms with Crippen LogP contribution in [0, 0.1) is 12.3 Å². The largest absolute Gasteiger partial charge is 0.381 e. The Morgan fingerprint density at radius 3 is 2.46 bits per heavy atom. The van der Waals surface area contributed by atoms with Crippen LogP contribution >= 0.6 is 11.6 Å². The summed E-state index contributed by atoms with van der Waals surface area (Å²) in [6.45, 7) is 4.89. The lowest BCUT2D eigenvalue weighted by atomic mass is 10.00. The number of benzene rings is 2. The molecule has 0 aliphatic heterocycles. The van der Waals surface area contributed by atoms with E-state index in [0.717, 1.165) is 11.1 Å². The van der Waals surface area contributed by atoms with Crippen molar-refractivity contribution in [1.29, 1.82) is 0 Å². The molecule has 2 aromatic rings. The summed E-state index contributed by atoms with van der Waals surface area (Å²) in [6.07, 6.45) is 0. The zero-order valence-electron chi connectivity index (χ0n) is 15.0. The van der Waals surface area contributed by atoms with Crippen LogP contribution in [0.5, 0.6) is 0 Å². The monoisotopic (exact) mass is 393 g/mol. The third-order valence-electron chi connectivity index (χ3n) is 5.23. The van der Waals surface area contributed by atoms with E-state index in [2.05, 4.69) is 0 Å². The van der Waals surface area contributed by atoms with Crippen LogP contribution in [0.2, 0.25) is 5.02 Å². The quantitative estimate of drug-likeness (QED) is 0.780. The van der Waals surface area contributed by atoms with Gasteiger partial charge in [-0.15, -0.1) is 0 Å². The SMILES string of the molecule is CCOCC1(CN)C(c2cccc(Cl)c2)C1S(=O)(=O)c1ccc(C)cc1. The van der Waals surface area contributed by atoms with Gasteiger partial charge in [-0.1, -0.05) is 41.4 Å². The van der Waals surface area contributed by atoms with E-state index in [1.807, 2.05) is 44.2 Å². The predicted octanol–water partition coefficient (Wildman–Crippen LogP) is 3.57. The number of hydrogen-bond donors (Lipinski definition) is 1. The lowest BCUT2D eigenvalue weighted by molar-refractivity contribution is 0.101. The number of nitrogens with two attached hydrogens (primary N) is 1. The number of hydrogen-bond acceptors (Lipinski definition) is 4. The standard InChI is InChI=1S/C20H24ClNO3S/c1-3-25-13-20(12-22)18(15-5-4-6-16(21)11-15)19(20)26(23,24)17-9-7-14(2)8-10-17/h4-11,18-19H,3,12-13,22H2,1-2H3. The van der Waals surface area contributed by atoms with E-state index >= 15 is 0 Å². The van der Waals surface area contributed by atoms with E-state index in [1.165, 1.54) is 0 Å². The molecule has 0 bridgehead atoms. The minimum atomic E-state index is -3.55. The van der Waals surface area contributed by atoms with Crippen LogP contribution in [0.15, 0.2) is 53.4 Å². The molecule has 0 aromatic heterocycles. The van der Waals surface area contributed by atoms with Gasteiger partial charge < -0.3 is 10.5 Å². The number of aryl methyl sites for hydroxylation is 1. The molecule has 1 aliphatic rings. The van der Waals surface area contributed by atoms with Gasteiger partial charge in [0.15, 0.2) is 9.84 Å². The molecule has 0 radical (unpaired) electrons. The summed E-state index contributed by atoms with van der Waals surface area (Å²) in [4.78, 5) is 0.326. The van der Waals surface area contributed by atoms with Crippen LogP contribution in [0.4, 0.5) is 0 Å². The maximum absolute atomic E-state index is 13.4. The smallest absolute Gasteiger partial charge is 0.182 e. The molecule has 0 amide bonds. The Kier molecular flexibility index (Phi) is 5.45. The third kappa shape index (κ3) is 3.29. The molecular weight excluding hydrogens is 370 g/mol. The topological polar surface area (TPSA) is 69.4 Å². The minimum Gasteiger partial charge on any atom is -0.381 e. The van der Waals surface area contributed by atoms with Crippen molar-refractivity contribution >= 4 is 21.4 Å². The molecule has 0 saturated heterocycles. The molecule has 4 nitrogen and oxygen atoms in total. The highest BCUT2D eigenvalue weighted by Gasteiger charge is 2.70. The fourth-order valence-corrected chi connectivity index (χ4v) is 6.43. The second-order valence-corrected chi connectivity index (χ2v) is 9.39. The molecule has 3 unspecified atom stereocenters. The summed E-state index contributed by atoms with van der Waals surface area (Å²) in [5.41, 5.74) is 7.36. The van der Waals surface area contributed by atoms with Gasteiger partial charge in [-0.05, 0) is 43.7 Å². The van der Waals surface area contributed by atoms with Gasteiger partial charge in [0.25, 0.3) is 0 Å². The van der Waals surface area contributed by atoms with Gasteiger partial charge in [-0.2, -0.15) is 0 Å². The third-order valence-corrected chi connectivity index (χ3v) is 7.80. The average molecular weight is 394 g/mol. The molecule has 2 aromatic carbocycles. The second-order valence-electron chi connectivity index (χ2n) is 6.89. The van der Waals surface area contributed by atoms with Gasteiger partial charge in [-0.25, -0.2) is 8.42 Å². The van der Waals surface area contributed by atoms with Crippen LogP contribution < -0.4 is 5.73 Å². The highest BCUT2D eigenvalue weighted by Crippen LogP contribution is 2.63. The van der Waals surface area contributed by atoms with E-state index in [0.29, 0.717) is 23.1 Å². The summed E-state index contributed by atoms with van der Waals surface area (Å²) in [5.74, 6) is -0.232. The zero-order valence-corrected chi connectivity index (χ0v) is 16.6. The molecule has 3 rings (SSSR count). The molecular formula is C20H24ClNO3S. The number of sulfone groups is 1. The Hall–Kier alpha value is -1.40. The van der Waals surface area contributed by atoms with E-state index in [9.17, 15) is 8.42 Å². The van der Waals surface area contributed by atoms with Crippen molar-refractivity contribution in [2.24, 2.45) is 11.1 Å². The Morgan fingerprint density at radius 2 is 1.88 bits per heavy atom. The lowest BCUT2D eigenvalue weighted by Crippen LogP contribution is -2.29. The highest BCUT2D eigenvalue weighted by atomic mass is 35.5. The van der Waals surface area contributed by atoms with Crippen molar-refractivity contribution in [3.05, 3.63) is 64.7 Å². The Labute approximate surface area is 160 Å². The van der Waals surface area contributed by atoms with E-state index < -0.39 is 20.5 Å². The van der Waals surface area contributed by atoms with E-state index in [4.69, 9.17) is 22.1 Å². The van der Waals surface area contributed by atoms with Crippen molar-refractivity contribution in [2.75, 3.05) is 19.8 Å². The molecule has 0 heterocycles. The van der Waals surface area contributed by atoms with Crippen molar-refractivity contribution in [3.63, 3.8) is 0 Å². The number of halogens is 1. The summed E-state index contributed by atoms with van der Waals surface area (Å²) < 4.78 is 32.4. The van der Waals surface area contributed by atoms with E-state index in [-0.39, 0.29) is 12.5 Å². The van der Waals surface area contributed by atoms with Crippen LogP contribution in [-0.4, -0.2) is 33.4 Å². The van der Waals surface area contributed by atoms with Gasteiger partial charge in [0, 0.05) is 29.5 Å². The van der Waals surface area contributed by atoms with Crippen molar-refractivity contribution < 1.29 is 13.2 Å². The summed E-state index contributed by atoms with van der Waals surface area (Å²) >= 11 is 6.14. The summed E-state index contributed by atoms with van der Waals surface area (Å²) in [7, 11) is -3.55. The zero-order chi connectivity index (χ0) is 18.9. The maximum atomic E-state index is 13.4. The van der Waals surface area contributed by atoms with Crippen molar-refractivity contribution in [1.82, 2.24) is 0 Å². The molecule has 140 valence electrons. The second kappa shape index (κ2) is 7.31. The van der Waals surface area contributed by atoms with Gasteiger partial charge in [-0.3, -0.25) is 0 Å². The van der Waals surface area contributed by atoms with Gasteiger partial charge in [0.05, 0.1) is 16.8 Å². The predicted molar refractivity (Wildman–Crippen MR) is 104 cm³/mol. The lowest BCUT2D eigenvalue weighted by Gasteiger charge is -2.16. The molecule has 26 heavy (non-hydrogen) atoms. The van der Waals surface area contributed by atoms with Gasteiger partial charge in [0.2, 0.25) is 0 Å². The molecule has 3 atom stereocenters. The number of ether oxygens (including phenoxy) is 1.